The van der Waals surface area contributed by atoms with Gasteiger partial charge in [-0.2, -0.15) is 18.3 Å². The number of fused-ring (bicyclic) bond motifs is 1. The Hall–Kier alpha value is -6.02. The second kappa shape index (κ2) is 12.6. The molecule has 0 unspecified atom stereocenters. The number of sulfonamides is 1. The third-order valence-electron chi connectivity index (χ3n) is 7.26. The van der Waals surface area contributed by atoms with Gasteiger partial charge in [0.05, 0.1) is 39.5 Å². The Bertz CT molecular complexity index is 2320. The van der Waals surface area contributed by atoms with Gasteiger partial charge in [0, 0.05) is 23.4 Å². The highest BCUT2D eigenvalue weighted by Gasteiger charge is 2.35. The largest absolute Gasteiger partial charge is 0.434 e. The summed E-state index contributed by atoms with van der Waals surface area (Å²) in [4.78, 5) is 20.4. The average molecular weight is 670 g/mol. The molecule has 0 aliphatic carbocycles. The number of nitrogens with one attached hydrogen (secondary N) is 2. The molecule has 6 aromatic rings. The summed E-state index contributed by atoms with van der Waals surface area (Å²) in [7, 11) is -4.06. The lowest BCUT2D eigenvalue weighted by atomic mass is 10.1. The fourth-order valence-corrected chi connectivity index (χ4v) is 6.02. The Morgan fingerprint density at radius 3 is 2.52 bits per heavy atom. The molecule has 4 N–H and O–H groups in total. The van der Waals surface area contributed by atoms with Crippen molar-refractivity contribution in [3.63, 3.8) is 0 Å². The highest BCUT2D eigenvalue weighted by molar-refractivity contribution is 7.92. The van der Waals surface area contributed by atoms with E-state index < -0.39 is 27.8 Å². The quantitative estimate of drug-likeness (QED) is 0.119. The normalized spacial score (nSPS) is 12.0. The van der Waals surface area contributed by atoms with Crippen molar-refractivity contribution in [2.45, 2.75) is 18.0 Å². The molecule has 0 aliphatic rings. The molecule has 0 saturated heterocycles. The summed E-state index contributed by atoms with van der Waals surface area (Å²) in [6.45, 7) is 1.74. The number of aromatic nitrogens is 4. The van der Waals surface area contributed by atoms with Gasteiger partial charge in [0.2, 0.25) is 5.91 Å². The standard InChI is InChI=1S/C34H26F3N7O3S/c1-21-11-13-23(30-20-44-31(40-30)15-14-27(42-44)25-8-5-17-39-33(25)34(35,36)37)19-29(21)43-48(46,47)24-7-4-6-22(18-24)12-16-32(45)41-28-10-3-2-9-26(28)38/h2-20,43H,38H2,1H3,(H,41,45)/b16-12-. The maximum Gasteiger partial charge on any atom is 0.434 e. The van der Waals surface area contributed by atoms with Crippen LogP contribution in [0.3, 0.4) is 0 Å². The van der Waals surface area contributed by atoms with Gasteiger partial charge in [-0.3, -0.25) is 14.5 Å². The van der Waals surface area contributed by atoms with Crippen molar-refractivity contribution in [2.24, 2.45) is 0 Å². The monoisotopic (exact) mass is 669 g/mol. The van der Waals surface area contributed by atoms with Gasteiger partial charge in [-0.1, -0.05) is 36.4 Å². The number of nitrogen functional groups attached to an aromatic ring is 1. The molecule has 10 nitrogen and oxygen atoms in total. The molecule has 0 radical (unpaired) electrons. The van der Waals surface area contributed by atoms with Crippen molar-refractivity contribution in [1.82, 2.24) is 19.6 Å². The van der Waals surface area contributed by atoms with Crippen LogP contribution < -0.4 is 15.8 Å². The van der Waals surface area contributed by atoms with Crippen LogP contribution in [-0.4, -0.2) is 33.9 Å². The second-order valence-electron chi connectivity index (χ2n) is 10.7. The fourth-order valence-electron chi connectivity index (χ4n) is 4.84. The average Bonchev–Trinajstić information content (AvgIpc) is 3.49. The molecule has 3 aromatic heterocycles. The van der Waals surface area contributed by atoms with E-state index in [1.54, 1.807) is 73.8 Å². The molecule has 6 rings (SSSR count). The number of imidazole rings is 1. The number of halogens is 3. The number of aryl methyl sites for hydroxylation is 1. The van der Waals surface area contributed by atoms with Crippen LogP contribution in [0.2, 0.25) is 0 Å². The number of nitrogens with two attached hydrogens (primary N) is 1. The van der Waals surface area contributed by atoms with Crippen molar-refractivity contribution in [2.75, 3.05) is 15.8 Å². The number of amides is 1. The van der Waals surface area contributed by atoms with Crippen LogP contribution in [0.5, 0.6) is 0 Å². The van der Waals surface area contributed by atoms with E-state index in [1.165, 1.54) is 47.0 Å². The van der Waals surface area contributed by atoms with Crippen molar-refractivity contribution in [1.29, 1.82) is 0 Å². The van der Waals surface area contributed by atoms with Gasteiger partial charge in [0.1, 0.15) is 0 Å². The first-order valence-corrected chi connectivity index (χ1v) is 15.8. The minimum Gasteiger partial charge on any atom is -0.397 e. The fraction of sp³-hybridized carbons (Fsp3) is 0.0588. The molecule has 0 aliphatic heterocycles. The number of hydrogen-bond acceptors (Lipinski definition) is 7. The number of para-hydroxylation sites is 2. The molecular formula is C34H26F3N7O3S. The second-order valence-corrected chi connectivity index (χ2v) is 12.3. The van der Waals surface area contributed by atoms with Crippen molar-refractivity contribution in [3.8, 4) is 22.5 Å². The first-order valence-electron chi connectivity index (χ1n) is 14.3. The van der Waals surface area contributed by atoms with E-state index in [-0.39, 0.29) is 16.2 Å². The summed E-state index contributed by atoms with van der Waals surface area (Å²) >= 11 is 0. The molecule has 48 heavy (non-hydrogen) atoms. The van der Waals surface area contributed by atoms with Crippen molar-refractivity contribution in [3.05, 3.63) is 126 Å². The predicted molar refractivity (Wildman–Crippen MR) is 177 cm³/mol. The molecule has 1 amide bonds. The van der Waals surface area contributed by atoms with Crippen LogP contribution in [0.4, 0.5) is 30.2 Å². The van der Waals surface area contributed by atoms with Crippen LogP contribution >= 0.6 is 0 Å². The minimum atomic E-state index is -4.66. The van der Waals surface area contributed by atoms with E-state index in [4.69, 9.17) is 5.73 Å². The predicted octanol–water partition coefficient (Wildman–Crippen LogP) is 6.82. The summed E-state index contributed by atoms with van der Waals surface area (Å²) in [5, 5.41) is 7.00. The van der Waals surface area contributed by atoms with Gasteiger partial charge in [-0.25, -0.2) is 17.9 Å². The van der Waals surface area contributed by atoms with E-state index in [9.17, 15) is 26.4 Å². The van der Waals surface area contributed by atoms with E-state index in [1.807, 2.05) is 0 Å². The van der Waals surface area contributed by atoms with Crippen LogP contribution in [0.25, 0.3) is 34.2 Å². The zero-order valence-corrected chi connectivity index (χ0v) is 25.9. The molecule has 3 heterocycles. The summed E-state index contributed by atoms with van der Waals surface area (Å²) in [5.41, 5.74) is 8.32. The number of anilines is 3. The van der Waals surface area contributed by atoms with Crippen LogP contribution in [0.1, 0.15) is 16.8 Å². The summed E-state index contributed by atoms with van der Waals surface area (Å²) in [6.07, 6.45) is 0.718. The molecule has 0 saturated carbocycles. The zero-order chi connectivity index (χ0) is 34.1. The van der Waals surface area contributed by atoms with Crippen LogP contribution in [0, 0.1) is 6.92 Å². The topological polar surface area (TPSA) is 144 Å². The Morgan fingerprint density at radius 2 is 1.73 bits per heavy atom. The Balaban J connectivity index is 1.23. The van der Waals surface area contributed by atoms with Gasteiger partial charge in [-0.15, -0.1) is 0 Å². The van der Waals surface area contributed by atoms with Crippen LogP contribution in [0.15, 0.2) is 114 Å². The molecule has 0 spiro atoms. The Labute approximate surface area is 272 Å². The molecule has 0 fully saturated rings. The Kier molecular flexibility index (Phi) is 8.41. The lowest BCUT2D eigenvalue weighted by Crippen LogP contribution is -2.14. The number of nitrogens with zero attached hydrogens (tertiary/aromatic N) is 4. The van der Waals surface area contributed by atoms with Gasteiger partial charge < -0.3 is 11.1 Å². The summed E-state index contributed by atoms with van der Waals surface area (Å²) < 4.78 is 71.5. The maximum absolute atomic E-state index is 13.6. The summed E-state index contributed by atoms with van der Waals surface area (Å²) in [5.74, 6) is -0.437. The number of rotatable bonds is 8. The molecule has 0 bridgehead atoms. The third kappa shape index (κ3) is 6.88. The number of alkyl halides is 3. The Morgan fingerprint density at radius 1 is 0.917 bits per heavy atom. The SMILES string of the molecule is Cc1ccc(-c2cn3nc(-c4cccnc4C(F)(F)F)ccc3n2)cc1NS(=O)(=O)c1cccc(/C=C\C(=O)Nc2ccccc2N)c1. The maximum atomic E-state index is 13.6. The highest BCUT2D eigenvalue weighted by atomic mass is 32.2. The lowest BCUT2D eigenvalue weighted by molar-refractivity contribution is -0.140. The molecule has 3 aromatic carbocycles. The molecule has 242 valence electrons. The van der Waals surface area contributed by atoms with Crippen molar-refractivity contribution >= 4 is 44.7 Å². The van der Waals surface area contributed by atoms with Crippen molar-refractivity contribution < 1.29 is 26.4 Å². The summed E-state index contributed by atoms with van der Waals surface area (Å²) in [6, 6.07) is 23.6. The highest BCUT2D eigenvalue weighted by Crippen LogP contribution is 2.35. The molecule has 14 heteroatoms. The smallest absolute Gasteiger partial charge is 0.397 e. The van der Waals surface area contributed by atoms with E-state index in [0.717, 1.165) is 6.20 Å². The van der Waals surface area contributed by atoms with Crippen LogP contribution in [-0.2, 0) is 21.0 Å². The van der Waals surface area contributed by atoms with E-state index >= 15 is 0 Å². The van der Waals surface area contributed by atoms with E-state index in [2.05, 4.69) is 25.1 Å². The number of benzene rings is 3. The van der Waals surface area contributed by atoms with Gasteiger partial charge >= 0.3 is 6.18 Å². The number of carbonyl (C=O) groups excluding carboxylic acids is 1. The first-order chi connectivity index (χ1) is 22.9. The molecular weight excluding hydrogens is 643 g/mol. The van der Waals surface area contributed by atoms with E-state index in [0.29, 0.717) is 45.1 Å². The number of hydrogen-bond donors (Lipinski definition) is 3. The van der Waals surface area contributed by atoms with Gasteiger partial charge in [-0.05, 0) is 78.7 Å². The zero-order valence-electron chi connectivity index (χ0n) is 25.1. The number of carbonyl (C=O) groups is 1. The first kappa shape index (κ1) is 31.9. The van der Waals surface area contributed by atoms with Gasteiger partial charge in [0.15, 0.2) is 11.3 Å². The molecule has 0 atom stereocenters. The number of pyridine rings is 1. The lowest BCUT2D eigenvalue weighted by Gasteiger charge is -2.12. The van der Waals surface area contributed by atoms with Gasteiger partial charge in [0.25, 0.3) is 10.0 Å². The minimum absolute atomic E-state index is 0.0275. The third-order valence-corrected chi connectivity index (χ3v) is 8.63.